The van der Waals surface area contributed by atoms with E-state index in [4.69, 9.17) is 24.2 Å². The minimum atomic E-state index is -1.82. The molecule has 1 aromatic heterocycles. The van der Waals surface area contributed by atoms with Crippen LogP contribution in [0.3, 0.4) is 0 Å². The highest BCUT2D eigenvalue weighted by Crippen LogP contribution is 2.16. The van der Waals surface area contributed by atoms with Crippen LogP contribution in [0.5, 0.6) is 0 Å². The minimum Gasteiger partial charge on any atom is -0.473 e. The van der Waals surface area contributed by atoms with Gasteiger partial charge in [-0.05, 0) is 39.8 Å². The molecule has 0 bridgehead atoms. The minimum absolute atomic E-state index is 0.551. The van der Waals surface area contributed by atoms with Crippen LogP contribution >= 0.6 is 0 Å². The van der Waals surface area contributed by atoms with Gasteiger partial charge in [0.1, 0.15) is 0 Å². The van der Waals surface area contributed by atoms with Gasteiger partial charge in [-0.1, -0.05) is 18.2 Å². The molecule has 0 aliphatic heterocycles. The number of hydrogen-bond donors (Lipinski definition) is 3. The van der Waals surface area contributed by atoms with Crippen LogP contribution in [0.2, 0.25) is 0 Å². The van der Waals surface area contributed by atoms with Crippen LogP contribution in [0.4, 0.5) is 0 Å². The smallest absolute Gasteiger partial charge is 0.414 e. The summed E-state index contributed by atoms with van der Waals surface area (Å²) < 4.78 is 5.67. The zero-order chi connectivity index (χ0) is 21.1. The lowest BCUT2D eigenvalue weighted by molar-refractivity contribution is -0.159. The average Bonchev–Trinajstić information content (AvgIpc) is 3.11. The van der Waals surface area contributed by atoms with E-state index >= 15 is 0 Å². The number of carbonyl (C=O) groups is 2. The van der Waals surface area contributed by atoms with Gasteiger partial charge in [0.05, 0.1) is 6.54 Å². The standard InChI is InChI=1S/C17H26N4O.C2H2O4/c1-13(2)21(14(3)4)11-10-18-12-16-19-20-17(22-16)15-8-6-5-7-9-15;3-1(4)2(5)6/h5-9,13-14,18H,10-12H2,1-4H3;(H,3,4)(H,5,6). The Morgan fingerprint density at radius 3 is 2.11 bits per heavy atom. The Bertz CT molecular complexity index is 711. The molecule has 0 saturated heterocycles. The zero-order valence-corrected chi connectivity index (χ0v) is 16.6. The van der Waals surface area contributed by atoms with Gasteiger partial charge in [-0.2, -0.15) is 0 Å². The Hall–Kier alpha value is -2.78. The fourth-order valence-electron chi connectivity index (χ4n) is 2.54. The van der Waals surface area contributed by atoms with E-state index in [1.165, 1.54) is 0 Å². The Morgan fingerprint density at radius 2 is 1.61 bits per heavy atom. The molecule has 0 radical (unpaired) electrons. The van der Waals surface area contributed by atoms with Crippen molar-refractivity contribution >= 4 is 11.9 Å². The van der Waals surface area contributed by atoms with E-state index in [9.17, 15) is 0 Å². The van der Waals surface area contributed by atoms with Crippen molar-refractivity contribution < 1.29 is 24.2 Å². The van der Waals surface area contributed by atoms with Crippen LogP contribution in [0.15, 0.2) is 34.7 Å². The van der Waals surface area contributed by atoms with Crippen molar-refractivity contribution in [3.05, 3.63) is 36.2 Å². The molecular weight excluding hydrogens is 364 g/mol. The number of hydrogen-bond acceptors (Lipinski definition) is 7. The maximum absolute atomic E-state index is 9.10. The molecule has 0 aliphatic carbocycles. The quantitative estimate of drug-likeness (QED) is 0.457. The van der Waals surface area contributed by atoms with Crippen LogP contribution in [0.25, 0.3) is 11.5 Å². The summed E-state index contributed by atoms with van der Waals surface area (Å²) in [6, 6.07) is 10.9. The maximum atomic E-state index is 9.10. The van der Waals surface area contributed by atoms with Crippen molar-refractivity contribution in [3.63, 3.8) is 0 Å². The van der Waals surface area contributed by atoms with Gasteiger partial charge >= 0.3 is 11.9 Å². The van der Waals surface area contributed by atoms with Gasteiger partial charge in [-0.25, -0.2) is 9.59 Å². The molecule has 1 heterocycles. The Kier molecular flexibility index (Phi) is 9.83. The van der Waals surface area contributed by atoms with Gasteiger partial charge < -0.3 is 19.9 Å². The number of carboxylic acid groups (broad SMARTS) is 2. The van der Waals surface area contributed by atoms with E-state index in [0.717, 1.165) is 18.7 Å². The molecule has 2 rings (SSSR count). The number of aliphatic carboxylic acids is 2. The molecule has 9 nitrogen and oxygen atoms in total. The first-order valence-corrected chi connectivity index (χ1v) is 9.02. The monoisotopic (exact) mass is 392 g/mol. The van der Waals surface area contributed by atoms with Crippen molar-refractivity contribution in [2.45, 2.75) is 46.3 Å². The fourth-order valence-corrected chi connectivity index (χ4v) is 2.54. The summed E-state index contributed by atoms with van der Waals surface area (Å²) in [6.45, 7) is 11.4. The lowest BCUT2D eigenvalue weighted by Crippen LogP contribution is -2.41. The summed E-state index contributed by atoms with van der Waals surface area (Å²) in [5, 5.41) is 26.3. The summed E-state index contributed by atoms with van der Waals surface area (Å²) >= 11 is 0. The topological polar surface area (TPSA) is 129 Å². The summed E-state index contributed by atoms with van der Waals surface area (Å²) in [4.78, 5) is 20.7. The molecule has 0 aliphatic rings. The first-order chi connectivity index (χ1) is 13.2. The Morgan fingerprint density at radius 1 is 1.04 bits per heavy atom. The summed E-state index contributed by atoms with van der Waals surface area (Å²) in [7, 11) is 0. The molecule has 0 atom stereocenters. The molecule has 0 fully saturated rings. The van der Waals surface area contributed by atoms with Crippen LogP contribution in [0, 0.1) is 0 Å². The van der Waals surface area contributed by atoms with E-state index < -0.39 is 11.9 Å². The molecule has 3 N–H and O–H groups in total. The van der Waals surface area contributed by atoms with Gasteiger partial charge in [0.15, 0.2) is 0 Å². The third-order valence-electron chi connectivity index (χ3n) is 3.82. The fraction of sp³-hybridized carbons (Fsp3) is 0.474. The van der Waals surface area contributed by atoms with Crippen LogP contribution in [-0.2, 0) is 16.1 Å². The highest BCUT2D eigenvalue weighted by atomic mass is 16.4. The van der Waals surface area contributed by atoms with E-state index in [1.54, 1.807) is 0 Å². The second kappa shape index (κ2) is 11.8. The number of rotatable bonds is 8. The summed E-state index contributed by atoms with van der Waals surface area (Å²) in [5.74, 6) is -2.45. The predicted molar refractivity (Wildman–Crippen MR) is 104 cm³/mol. The molecule has 0 spiro atoms. The molecule has 1 aromatic carbocycles. The van der Waals surface area contributed by atoms with Gasteiger partial charge in [-0.15, -0.1) is 10.2 Å². The van der Waals surface area contributed by atoms with Gasteiger partial charge in [-0.3, -0.25) is 4.90 Å². The summed E-state index contributed by atoms with van der Waals surface area (Å²) in [5.41, 5.74) is 0.951. The summed E-state index contributed by atoms with van der Waals surface area (Å²) in [6.07, 6.45) is 0. The first kappa shape index (κ1) is 23.3. The van der Waals surface area contributed by atoms with Crippen LogP contribution < -0.4 is 5.32 Å². The zero-order valence-electron chi connectivity index (χ0n) is 16.6. The van der Waals surface area contributed by atoms with Gasteiger partial charge in [0.2, 0.25) is 11.8 Å². The first-order valence-electron chi connectivity index (χ1n) is 9.02. The van der Waals surface area contributed by atoms with Crippen LogP contribution in [0.1, 0.15) is 33.6 Å². The molecule has 2 aromatic rings. The van der Waals surface area contributed by atoms with Crippen molar-refractivity contribution in [1.82, 2.24) is 20.4 Å². The number of carboxylic acids is 2. The van der Waals surface area contributed by atoms with Crippen molar-refractivity contribution in [2.24, 2.45) is 0 Å². The van der Waals surface area contributed by atoms with E-state index in [1.807, 2.05) is 30.3 Å². The van der Waals surface area contributed by atoms with E-state index in [0.29, 0.717) is 30.4 Å². The molecule has 0 amide bonds. The number of aromatic nitrogens is 2. The molecule has 154 valence electrons. The Labute approximate surface area is 164 Å². The molecule has 9 heteroatoms. The maximum Gasteiger partial charge on any atom is 0.414 e. The highest BCUT2D eigenvalue weighted by Gasteiger charge is 2.13. The average molecular weight is 392 g/mol. The van der Waals surface area contributed by atoms with Crippen molar-refractivity contribution in [2.75, 3.05) is 13.1 Å². The van der Waals surface area contributed by atoms with Gasteiger partial charge in [0, 0.05) is 30.7 Å². The lowest BCUT2D eigenvalue weighted by atomic mass is 10.2. The Balaban J connectivity index is 0.000000568. The molecular formula is C19H28N4O5. The van der Waals surface area contributed by atoms with Gasteiger partial charge in [0.25, 0.3) is 0 Å². The second-order valence-electron chi connectivity index (χ2n) is 6.58. The largest absolute Gasteiger partial charge is 0.473 e. The predicted octanol–water partition coefficient (Wildman–Crippen LogP) is 2.10. The SMILES string of the molecule is CC(C)N(CCNCc1nnc(-c2ccccc2)o1)C(C)C.O=C(O)C(=O)O. The van der Waals surface area contributed by atoms with E-state index in [2.05, 4.69) is 48.1 Å². The van der Waals surface area contributed by atoms with E-state index in [-0.39, 0.29) is 0 Å². The highest BCUT2D eigenvalue weighted by molar-refractivity contribution is 6.27. The van der Waals surface area contributed by atoms with Crippen LogP contribution in [-0.4, -0.2) is 62.4 Å². The number of nitrogens with one attached hydrogen (secondary N) is 1. The number of benzene rings is 1. The molecule has 0 unspecified atom stereocenters. The lowest BCUT2D eigenvalue weighted by Gasteiger charge is -2.30. The van der Waals surface area contributed by atoms with Crippen molar-refractivity contribution in [1.29, 1.82) is 0 Å². The third kappa shape index (κ3) is 8.28. The van der Waals surface area contributed by atoms with Crippen molar-refractivity contribution in [3.8, 4) is 11.5 Å². The second-order valence-corrected chi connectivity index (χ2v) is 6.58. The molecule has 0 saturated carbocycles. The third-order valence-corrected chi connectivity index (χ3v) is 3.82. The normalized spacial score (nSPS) is 10.8. The molecule has 28 heavy (non-hydrogen) atoms. The number of nitrogens with zero attached hydrogens (tertiary/aromatic N) is 3.